The van der Waals surface area contributed by atoms with Gasteiger partial charge >= 0.3 is 0 Å². The first-order valence-corrected chi connectivity index (χ1v) is 9.19. The second kappa shape index (κ2) is 6.39. The summed E-state index contributed by atoms with van der Waals surface area (Å²) in [4.78, 5) is 0. The Kier molecular flexibility index (Phi) is 3.87. The molecule has 5 heteroatoms. The van der Waals surface area contributed by atoms with Gasteiger partial charge in [0.1, 0.15) is 11.6 Å². The summed E-state index contributed by atoms with van der Waals surface area (Å²) in [5.74, 6) is 0.535. The number of hydrogen-bond acceptors (Lipinski definition) is 3. The summed E-state index contributed by atoms with van der Waals surface area (Å²) >= 11 is 6.02. The molecule has 0 fully saturated rings. The third-order valence-electron chi connectivity index (χ3n) is 5.01. The summed E-state index contributed by atoms with van der Waals surface area (Å²) < 4.78 is 20.0. The van der Waals surface area contributed by atoms with Gasteiger partial charge in [-0.1, -0.05) is 54.1 Å². The molecule has 2 aliphatic heterocycles. The molecule has 2 heterocycles. The van der Waals surface area contributed by atoms with Crippen LogP contribution in [0.4, 0.5) is 4.39 Å². The molecule has 0 saturated heterocycles. The topological polar surface area (TPSA) is 24.8 Å². The Morgan fingerprint density at radius 1 is 1.00 bits per heavy atom. The van der Waals surface area contributed by atoms with E-state index >= 15 is 0 Å². The van der Waals surface area contributed by atoms with Crippen molar-refractivity contribution in [1.29, 1.82) is 0 Å². The number of fused-ring (bicyclic) bond motifs is 3. The first-order chi connectivity index (χ1) is 13.2. The van der Waals surface area contributed by atoms with Crippen molar-refractivity contribution < 1.29 is 9.13 Å². The van der Waals surface area contributed by atoms with Gasteiger partial charge in [0, 0.05) is 22.6 Å². The standard InChI is InChI=1S/C22H16ClFN2O/c23-16-10-8-14(9-11-16)19-13-20-18-6-1-2-7-21(18)27-22(26(20)25-19)15-4-3-5-17(24)12-15/h1-12,20,22H,13H2/t20-,22-/m1/s1. The lowest BCUT2D eigenvalue weighted by atomic mass is 9.96. The van der Waals surface area contributed by atoms with Crippen LogP contribution in [0, 0.1) is 5.82 Å². The van der Waals surface area contributed by atoms with Crippen molar-refractivity contribution in [2.24, 2.45) is 5.10 Å². The van der Waals surface area contributed by atoms with Gasteiger partial charge in [-0.15, -0.1) is 0 Å². The second-order valence-electron chi connectivity index (χ2n) is 6.72. The third-order valence-corrected chi connectivity index (χ3v) is 5.26. The van der Waals surface area contributed by atoms with Gasteiger partial charge in [-0.05, 0) is 35.9 Å². The Bertz CT molecular complexity index is 1030. The zero-order valence-electron chi connectivity index (χ0n) is 14.3. The predicted molar refractivity (Wildman–Crippen MR) is 103 cm³/mol. The van der Waals surface area contributed by atoms with E-state index in [4.69, 9.17) is 21.4 Å². The van der Waals surface area contributed by atoms with Crippen LogP contribution in [0.25, 0.3) is 0 Å². The van der Waals surface area contributed by atoms with Crippen molar-refractivity contribution in [3.8, 4) is 5.75 Å². The number of hydrazone groups is 1. The van der Waals surface area contributed by atoms with Gasteiger partial charge in [0.15, 0.2) is 0 Å². The second-order valence-corrected chi connectivity index (χ2v) is 7.15. The first-order valence-electron chi connectivity index (χ1n) is 8.82. The zero-order valence-corrected chi connectivity index (χ0v) is 15.1. The maximum absolute atomic E-state index is 13.8. The molecule has 0 radical (unpaired) electrons. The van der Waals surface area contributed by atoms with Crippen LogP contribution in [0.3, 0.4) is 0 Å². The SMILES string of the molecule is Fc1cccc([C@H]2Oc3ccccc3[C@H]3CC(c4ccc(Cl)cc4)=NN32)c1. The largest absolute Gasteiger partial charge is 0.464 e. The van der Waals surface area contributed by atoms with Gasteiger partial charge in [-0.2, -0.15) is 5.10 Å². The van der Waals surface area contributed by atoms with E-state index in [1.54, 1.807) is 6.07 Å². The number of benzene rings is 3. The minimum atomic E-state index is -0.467. The lowest BCUT2D eigenvalue weighted by molar-refractivity contribution is -0.0192. The van der Waals surface area contributed by atoms with Gasteiger partial charge in [0.2, 0.25) is 6.23 Å². The van der Waals surface area contributed by atoms with Crippen LogP contribution in [0.1, 0.15) is 35.4 Å². The monoisotopic (exact) mass is 378 g/mol. The van der Waals surface area contributed by atoms with E-state index in [1.807, 2.05) is 53.5 Å². The van der Waals surface area contributed by atoms with Crippen LogP contribution in [-0.4, -0.2) is 10.7 Å². The van der Waals surface area contributed by atoms with E-state index in [2.05, 4.69) is 6.07 Å². The van der Waals surface area contributed by atoms with Crippen molar-refractivity contribution in [3.05, 3.63) is 100 Å². The highest BCUT2D eigenvalue weighted by Crippen LogP contribution is 2.47. The molecular weight excluding hydrogens is 363 g/mol. The van der Waals surface area contributed by atoms with E-state index in [0.717, 1.165) is 34.6 Å². The van der Waals surface area contributed by atoms with Crippen LogP contribution in [0.2, 0.25) is 5.02 Å². The molecule has 0 N–H and O–H groups in total. The Labute approximate surface area is 161 Å². The third kappa shape index (κ3) is 2.86. The highest BCUT2D eigenvalue weighted by Gasteiger charge is 2.40. The summed E-state index contributed by atoms with van der Waals surface area (Å²) in [6.45, 7) is 0. The van der Waals surface area contributed by atoms with E-state index in [-0.39, 0.29) is 11.9 Å². The number of hydrogen-bond donors (Lipinski definition) is 0. The molecule has 2 atom stereocenters. The highest BCUT2D eigenvalue weighted by atomic mass is 35.5. The van der Waals surface area contributed by atoms with E-state index < -0.39 is 6.23 Å². The average molecular weight is 379 g/mol. The minimum absolute atomic E-state index is 0.0499. The number of para-hydroxylation sites is 1. The molecule has 0 saturated carbocycles. The molecule has 0 spiro atoms. The van der Waals surface area contributed by atoms with Gasteiger partial charge in [-0.3, -0.25) is 0 Å². The molecule has 3 nitrogen and oxygen atoms in total. The van der Waals surface area contributed by atoms with Gasteiger partial charge in [0.25, 0.3) is 0 Å². The Balaban J connectivity index is 1.60. The molecule has 2 aliphatic rings. The predicted octanol–water partition coefficient (Wildman–Crippen LogP) is 5.72. The number of nitrogens with zero attached hydrogens (tertiary/aromatic N) is 2. The summed E-state index contributed by atoms with van der Waals surface area (Å²) in [5.41, 5.74) is 3.84. The van der Waals surface area contributed by atoms with Gasteiger partial charge in [0.05, 0.1) is 11.8 Å². The van der Waals surface area contributed by atoms with Crippen LogP contribution in [0.15, 0.2) is 77.9 Å². The average Bonchev–Trinajstić information content (AvgIpc) is 3.13. The highest BCUT2D eigenvalue weighted by molar-refractivity contribution is 6.30. The molecular formula is C22H16ClFN2O. The van der Waals surface area contributed by atoms with E-state index in [1.165, 1.54) is 12.1 Å². The molecule has 134 valence electrons. The Hall–Kier alpha value is -2.85. The van der Waals surface area contributed by atoms with Crippen molar-refractivity contribution in [3.63, 3.8) is 0 Å². The fourth-order valence-corrected chi connectivity index (χ4v) is 3.86. The fraction of sp³-hybridized carbons (Fsp3) is 0.136. The van der Waals surface area contributed by atoms with Gasteiger partial charge in [-0.25, -0.2) is 9.40 Å². The molecule has 3 aromatic carbocycles. The molecule has 5 rings (SSSR count). The van der Waals surface area contributed by atoms with Gasteiger partial charge < -0.3 is 4.74 Å². The summed E-state index contributed by atoms with van der Waals surface area (Å²) in [5, 5.41) is 7.50. The molecule has 0 aromatic heterocycles. The summed E-state index contributed by atoms with van der Waals surface area (Å²) in [7, 11) is 0. The number of rotatable bonds is 2. The lowest BCUT2D eigenvalue weighted by Crippen LogP contribution is -2.33. The van der Waals surface area contributed by atoms with Crippen molar-refractivity contribution in [1.82, 2.24) is 5.01 Å². The maximum Gasteiger partial charge on any atom is 0.213 e. The Morgan fingerprint density at radius 3 is 2.63 bits per heavy atom. The van der Waals surface area contributed by atoms with E-state index in [0.29, 0.717) is 5.02 Å². The lowest BCUT2D eigenvalue weighted by Gasteiger charge is -2.38. The van der Waals surface area contributed by atoms with Crippen molar-refractivity contribution in [2.45, 2.75) is 18.7 Å². The zero-order chi connectivity index (χ0) is 18.4. The maximum atomic E-state index is 13.8. The van der Waals surface area contributed by atoms with Crippen LogP contribution in [-0.2, 0) is 0 Å². The van der Waals surface area contributed by atoms with Crippen LogP contribution in [0.5, 0.6) is 5.75 Å². The first kappa shape index (κ1) is 16.3. The van der Waals surface area contributed by atoms with Crippen molar-refractivity contribution >= 4 is 17.3 Å². The van der Waals surface area contributed by atoms with Crippen molar-refractivity contribution in [2.75, 3.05) is 0 Å². The fourth-order valence-electron chi connectivity index (χ4n) is 3.73. The van der Waals surface area contributed by atoms with E-state index in [9.17, 15) is 4.39 Å². The number of ether oxygens (including phenoxy) is 1. The quantitative estimate of drug-likeness (QED) is 0.569. The molecule has 0 bridgehead atoms. The molecule has 27 heavy (non-hydrogen) atoms. The summed E-state index contributed by atoms with van der Waals surface area (Å²) in [6, 6.07) is 22.2. The van der Waals surface area contributed by atoms with Crippen LogP contribution < -0.4 is 4.74 Å². The molecule has 0 aliphatic carbocycles. The Morgan fingerprint density at radius 2 is 1.81 bits per heavy atom. The normalized spacial score (nSPS) is 20.5. The molecule has 0 amide bonds. The molecule has 3 aromatic rings. The van der Waals surface area contributed by atoms with Crippen LogP contribution >= 0.6 is 11.6 Å². The smallest absolute Gasteiger partial charge is 0.213 e. The molecule has 0 unspecified atom stereocenters. The summed E-state index contributed by atoms with van der Waals surface area (Å²) in [6.07, 6.45) is 0.291. The minimum Gasteiger partial charge on any atom is -0.464 e. The number of halogens is 2.